The lowest BCUT2D eigenvalue weighted by atomic mass is 9.98. The van der Waals surface area contributed by atoms with Crippen LogP contribution in [0.5, 0.6) is 0 Å². The molecule has 0 radical (unpaired) electrons. The molecule has 1 N–H and O–H groups in total. The number of benzene rings is 2. The van der Waals surface area contributed by atoms with Crippen LogP contribution in [0.15, 0.2) is 36.5 Å². The van der Waals surface area contributed by atoms with E-state index in [1.54, 1.807) is 18.2 Å². The van der Waals surface area contributed by atoms with Gasteiger partial charge in [-0.15, -0.1) is 0 Å². The van der Waals surface area contributed by atoms with Crippen molar-refractivity contribution in [2.45, 2.75) is 39.2 Å². The fourth-order valence-corrected chi connectivity index (χ4v) is 4.38. The number of rotatable bonds is 5. The number of likely N-dealkylation sites (tertiary alicyclic amines) is 1. The maximum Gasteiger partial charge on any atom is 0.251 e. The molecule has 1 aromatic heterocycles. The molecular formula is C25H26F3N3O. The minimum Gasteiger partial charge on any atom is -0.349 e. The van der Waals surface area contributed by atoms with Crippen molar-refractivity contribution in [2.75, 3.05) is 19.6 Å². The number of carbonyl (C=O) groups is 1. The van der Waals surface area contributed by atoms with Gasteiger partial charge < -0.3 is 10.2 Å². The van der Waals surface area contributed by atoms with E-state index in [1.165, 1.54) is 6.20 Å². The predicted molar refractivity (Wildman–Crippen MR) is 119 cm³/mol. The maximum atomic E-state index is 14.5. The van der Waals surface area contributed by atoms with Gasteiger partial charge in [-0.3, -0.25) is 9.78 Å². The topological polar surface area (TPSA) is 45.2 Å². The first kappa shape index (κ1) is 22.3. The first-order valence-corrected chi connectivity index (χ1v) is 10.9. The minimum absolute atomic E-state index is 0.0446. The number of aromatic nitrogens is 1. The van der Waals surface area contributed by atoms with E-state index in [9.17, 15) is 18.0 Å². The van der Waals surface area contributed by atoms with Gasteiger partial charge in [0.2, 0.25) is 0 Å². The first-order chi connectivity index (χ1) is 15.4. The summed E-state index contributed by atoms with van der Waals surface area (Å²) in [4.78, 5) is 19.6. The maximum absolute atomic E-state index is 14.5. The summed E-state index contributed by atoms with van der Waals surface area (Å²) >= 11 is 0. The molecule has 4 nitrogen and oxygen atoms in total. The predicted octanol–water partition coefficient (Wildman–Crippen LogP) is 5.23. The average molecular weight is 441 g/mol. The Kier molecular flexibility index (Phi) is 6.46. The third-order valence-electron chi connectivity index (χ3n) is 6.06. The van der Waals surface area contributed by atoms with Gasteiger partial charge in [0.25, 0.3) is 5.91 Å². The highest BCUT2D eigenvalue weighted by molar-refractivity contribution is 6.03. The summed E-state index contributed by atoms with van der Waals surface area (Å²) in [5, 5.41) is 4.25. The molecule has 1 saturated heterocycles. The van der Waals surface area contributed by atoms with E-state index in [2.05, 4.69) is 22.1 Å². The van der Waals surface area contributed by atoms with Crippen molar-refractivity contribution in [3.05, 3.63) is 65.1 Å². The Morgan fingerprint density at radius 3 is 2.44 bits per heavy atom. The lowest BCUT2D eigenvalue weighted by Gasteiger charge is -2.32. The van der Waals surface area contributed by atoms with Crippen molar-refractivity contribution in [1.29, 1.82) is 0 Å². The first-order valence-electron chi connectivity index (χ1n) is 10.9. The zero-order chi connectivity index (χ0) is 22.8. The smallest absolute Gasteiger partial charge is 0.251 e. The molecule has 168 valence electrons. The van der Waals surface area contributed by atoms with Gasteiger partial charge in [-0.05, 0) is 55.8 Å². The van der Waals surface area contributed by atoms with E-state index >= 15 is 0 Å². The molecule has 1 fully saturated rings. The zero-order valence-corrected chi connectivity index (χ0v) is 18.2. The van der Waals surface area contributed by atoms with Crippen LogP contribution in [0.25, 0.3) is 22.0 Å². The lowest BCUT2D eigenvalue weighted by Crippen LogP contribution is -2.44. The van der Waals surface area contributed by atoms with E-state index in [1.807, 2.05) is 6.92 Å². The summed E-state index contributed by atoms with van der Waals surface area (Å²) in [5.74, 6) is -3.29. The van der Waals surface area contributed by atoms with Crippen LogP contribution in [0, 0.1) is 24.4 Å². The number of amides is 1. The van der Waals surface area contributed by atoms with Crippen LogP contribution in [-0.4, -0.2) is 41.5 Å². The highest BCUT2D eigenvalue weighted by Gasteiger charge is 2.22. The average Bonchev–Trinajstić information content (AvgIpc) is 2.76. The van der Waals surface area contributed by atoms with E-state index in [-0.39, 0.29) is 17.6 Å². The number of aryl methyl sites for hydroxylation is 1. The van der Waals surface area contributed by atoms with Gasteiger partial charge in [0, 0.05) is 48.4 Å². The Balaban J connectivity index is 1.65. The third-order valence-corrected chi connectivity index (χ3v) is 6.06. The van der Waals surface area contributed by atoms with Gasteiger partial charge in [0.15, 0.2) is 0 Å². The largest absolute Gasteiger partial charge is 0.349 e. The molecule has 0 aliphatic carbocycles. The van der Waals surface area contributed by atoms with Crippen molar-refractivity contribution < 1.29 is 18.0 Å². The second-order valence-electron chi connectivity index (χ2n) is 8.38. The summed E-state index contributed by atoms with van der Waals surface area (Å²) in [6, 6.07) is 6.43. The van der Waals surface area contributed by atoms with Crippen molar-refractivity contribution in [2.24, 2.45) is 0 Å². The second-order valence-corrected chi connectivity index (χ2v) is 8.38. The van der Waals surface area contributed by atoms with Crippen molar-refractivity contribution in [3.63, 3.8) is 0 Å². The molecule has 4 rings (SSSR count). The summed E-state index contributed by atoms with van der Waals surface area (Å²) in [7, 11) is 0. The number of hydrogen-bond acceptors (Lipinski definition) is 3. The van der Waals surface area contributed by atoms with Gasteiger partial charge in [-0.2, -0.15) is 0 Å². The lowest BCUT2D eigenvalue weighted by molar-refractivity contribution is 0.0911. The Hall–Kier alpha value is -2.93. The van der Waals surface area contributed by atoms with Crippen LogP contribution in [-0.2, 0) is 0 Å². The van der Waals surface area contributed by atoms with E-state index in [0.29, 0.717) is 23.1 Å². The number of nitrogens with zero attached hydrogens (tertiary/aromatic N) is 2. The van der Waals surface area contributed by atoms with Crippen LogP contribution in [0.3, 0.4) is 0 Å². The van der Waals surface area contributed by atoms with Gasteiger partial charge >= 0.3 is 0 Å². The number of halogens is 3. The van der Waals surface area contributed by atoms with Crippen LogP contribution < -0.4 is 5.32 Å². The molecule has 1 amide bonds. The van der Waals surface area contributed by atoms with E-state index in [0.717, 1.165) is 49.8 Å². The summed E-state index contributed by atoms with van der Waals surface area (Å²) in [6.45, 7) is 6.96. The van der Waals surface area contributed by atoms with E-state index in [4.69, 9.17) is 0 Å². The van der Waals surface area contributed by atoms with E-state index < -0.39 is 23.0 Å². The Morgan fingerprint density at radius 1 is 1.09 bits per heavy atom. The molecule has 1 aliphatic heterocycles. The van der Waals surface area contributed by atoms with Crippen LogP contribution in [0.4, 0.5) is 13.2 Å². The van der Waals surface area contributed by atoms with Gasteiger partial charge in [-0.25, -0.2) is 13.2 Å². The molecule has 32 heavy (non-hydrogen) atoms. The molecule has 1 aliphatic rings. The number of nitrogens with one attached hydrogen (secondary N) is 1. The normalized spacial score (nSPS) is 15.3. The van der Waals surface area contributed by atoms with Crippen LogP contribution in [0.1, 0.15) is 42.1 Å². The quantitative estimate of drug-likeness (QED) is 0.590. The molecule has 0 saturated carbocycles. The fourth-order valence-electron chi connectivity index (χ4n) is 4.38. The van der Waals surface area contributed by atoms with Gasteiger partial charge in [0.1, 0.15) is 17.5 Å². The number of fused-ring (bicyclic) bond motifs is 1. The SMILES string of the molecule is CCCN1CCC(NC(=O)c2ccc3c(C)cnc(-c4c(F)cc(F)cc4F)c3c2)CC1. The molecule has 0 atom stereocenters. The number of hydrogen-bond donors (Lipinski definition) is 1. The van der Waals surface area contributed by atoms with Gasteiger partial charge in [0.05, 0.1) is 11.3 Å². The molecule has 0 bridgehead atoms. The molecular weight excluding hydrogens is 415 g/mol. The van der Waals surface area contributed by atoms with Gasteiger partial charge in [-0.1, -0.05) is 13.0 Å². The van der Waals surface area contributed by atoms with Crippen LogP contribution >= 0.6 is 0 Å². The molecule has 7 heteroatoms. The number of piperidine rings is 1. The highest BCUT2D eigenvalue weighted by Crippen LogP contribution is 2.33. The monoisotopic (exact) mass is 441 g/mol. The minimum atomic E-state index is -1.03. The number of carbonyl (C=O) groups excluding carboxylic acids is 1. The highest BCUT2D eigenvalue weighted by atomic mass is 19.1. The molecule has 2 aromatic carbocycles. The summed E-state index contributed by atoms with van der Waals surface area (Å²) < 4.78 is 42.4. The summed E-state index contributed by atoms with van der Waals surface area (Å²) in [6.07, 6.45) is 4.40. The third kappa shape index (κ3) is 4.48. The Morgan fingerprint density at radius 2 is 1.78 bits per heavy atom. The second kappa shape index (κ2) is 9.28. The molecule has 2 heterocycles. The molecule has 0 unspecified atom stereocenters. The Bertz CT molecular complexity index is 1130. The van der Waals surface area contributed by atoms with Crippen LogP contribution in [0.2, 0.25) is 0 Å². The summed E-state index contributed by atoms with van der Waals surface area (Å²) in [5.41, 5.74) is 0.840. The van der Waals surface area contributed by atoms with Crippen molar-refractivity contribution >= 4 is 16.7 Å². The zero-order valence-electron chi connectivity index (χ0n) is 18.2. The fraction of sp³-hybridized carbons (Fsp3) is 0.360. The molecule has 0 spiro atoms. The molecule has 3 aromatic rings. The standard InChI is InChI=1S/C25H26F3N3O/c1-3-8-31-9-6-18(7-10-31)30-25(32)16-4-5-19-15(2)14-29-24(20(19)11-16)23-21(27)12-17(26)13-22(23)28/h4-5,11-14,18H,3,6-10H2,1-2H3,(H,30,32). The Labute approximate surface area is 185 Å². The number of pyridine rings is 1. The van der Waals surface area contributed by atoms with Crippen molar-refractivity contribution in [1.82, 2.24) is 15.2 Å². The van der Waals surface area contributed by atoms with Crippen molar-refractivity contribution in [3.8, 4) is 11.3 Å².